The Balaban J connectivity index is 0.934. The number of nitrogens with zero attached hydrogens (tertiary/aromatic N) is 5. The highest BCUT2D eigenvalue weighted by molar-refractivity contribution is 7.99. The van der Waals surface area contributed by atoms with E-state index in [9.17, 15) is 28.1 Å². The monoisotopic (exact) mass is 884 g/mol. The van der Waals surface area contributed by atoms with Crippen LogP contribution in [0.4, 0.5) is 21.6 Å². The van der Waals surface area contributed by atoms with Gasteiger partial charge in [-0.25, -0.2) is 23.1 Å². The number of hydrogen-bond donors (Lipinski definition) is 3. The minimum atomic E-state index is -4.54. The number of benzene rings is 4. The molecule has 2 aliphatic rings. The van der Waals surface area contributed by atoms with Gasteiger partial charge in [0.05, 0.1) is 33.2 Å². The number of sulfonamides is 1. The number of thioether (sulfide) groups is 1. The molecule has 0 radical (unpaired) electrons. The van der Waals surface area contributed by atoms with E-state index in [1.54, 1.807) is 17.8 Å². The van der Waals surface area contributed by atoms with Crippen LogP contribution in [0.1, 0.15) is 38.4 Å². The Hall–Kier alpha value is -5.44. The van der Waals surface area contributed by atoms with E-state index in [0.717, 1.165) is 51.9 Å². The fraction of sp³-hybridized carbons (Fsp3) is 0.268. The van der Waals surface area contributed by atoms with Gasteiger partial charge in [0.15, 0.2) is 10.3 Å². The fourth-order valence-corrected chi connectivity index (χ4v) is 10.7. The van der Waals surface area contributed by atoms with Crippen LogP contribution in [0.3, 0.4) is 0 Å². The molecule has 0 saturated carbocycles. The molecule has 2 aliphatic heterocycles. The summed E-state index contributed by atoms with van der Waals surface area (Å²) in [6.07, 6.45) is 1.31. The number of para-hydroxylation sites is 1. The molecule has 1 atom stereocenters. The SMILES string of the molecule is O=C(NS(=O)(=O)c1ccc(N[C@H](CCN2CCOCC2)CSc2ccccc2)c([N+](=O)[O-])c1)c1csc(N2CCc3cccc(C(=O)Nc4nc5ccccc5s4)c3C2)n1. The van der Waals surface area contributed by atoms with Gasteiger partial charge < -0.3 is 15.0 Å². The average Bonchev–Trinajstić information content (AvgIpc) is 3.93. The van der Waals surface area contributed by atoms with Gasteiger partial charge in [0.25, 0.3) is 27.5 Å². The van der Waals surface area contributed by atoms with Crippen LogP contribution in [0, 0.1) is 10.1 Å². The topological polar surface area (TPSA) is 189 Å². The van der Waals surface area contributed by atoms with Crippen molar-refractivity contribution < 1.29 is 27.7 Å². The lowest BCUT2D eigenvalue weighted by Gasteiger charge is -2.29. The summed E-state index contributed by atoms with van der Waals surface area (Å²) in [7, 11) is -4.54. The van der Waals surface area contributed by atoms with Gasteiger partial charge in [-0.3, -0.25) is 29.9 Å². The second-order valence-corrected chi connectivity index (χ2v) is 18.8. The summed E-state index contributed by atoms with van der Waals surface area (Å²) in [4.78, 5) is 52.4. The lowest BCUT2D eigenvalue weighted by Crippen LogP contribution is -2.39. The van der Waals surface area contributed by atoms with Crippen LogP contribution in [0.25, 0.3) is 10.2 Å². The molecule has 4 aromatic carbocycles. The largest absolute Gasteiger partial charge is 0.379 e. The van der Waals surface area contributed by atoms with Gasteiger partial charge in [0, 0.05) is 66.4 Å². The zero-order valence-corrected chi connectivity index (χ0v) is 35.4. The Morgan fingerprint density at radius 3 is 2.55 bits per heavy atom. The van der Waals surface area contributed by atoms with Crippen molar-refractivity contribution in [1.29, 1.82) is 0 Å². The average molecular weight is 885 g/mol. The number of thiazole rings is 2. The number of morpholine rings is 1. The lowest BCUT2D eigenvalue weighted by atomic mass is 9.94. The maximum absolute atomic E-state index is 13.5. The second kappa shape index (κ2) is 18.4. The van der Waals surface area contributed by atoms with Crippen molar-refractivity contribution in [3.8, 4) is 0 Å². The molecule has 0 aliphatic carbocycles. The number of nitro groups is 1. The Morgan fingerprint density at radius 2 is 1.75 bits per heavy atom. The quantitative estimate of drug-likeness (QED) is 0.0550. The summed E-state index contributed by atoms with van der Waals surface area (Å²) in [5.41, 5.74) is 2.77. The Kier molecular flexibility index (Phi) is 12.7. The maximum atomic E-state index is 13.5. The molecule has 310 valence electrons. The number of aromatic nitrogens is 2. The molecule has 60 heavy (non-hydrogen) atoms. The number of carbonyl (C=O) groups excluding carboxylic acids is 2. The number of rotatable bonds is 15. The Labute approximate surface area is 358 Å². The third-order valence-electron chi connectivity index (χ3n) is 10.2. The van der Waals surface area contributed by atoms with Crippen molar-refractivity contribution in [3.63, 3.8) is 0 Å². The third kappa shape index (κ3) is 9.77. The van der Waals surface area contributed by atoms with Crippen molar-refractivity contribution >= 4 is 88.1 Å². The third-order valence-corrected chi connectivity index (χ3v) is 14.5. The van der Waals surface area contributed by atoms with Crippen LogP contribution in [0.5, 0.6) is 0 Å². The predicted molar refractivity (Wildman–Crippen MR) is 235 cm³/mol. The van der Waals surface area contributed by atoms with E-state index in [4.69, 9.17) is 4.74 Å². The number of ether oxygens (including phenoxy) is 1. The van der Waals surface area contributed by atoms with Crippen molar-refractivity contribution in [2.45, 2.75) is 35.2 Å². The van der Waals surface area contributed by atoms with Crippen molar-refractivity contribution in [2.75, 3.05) is 60.7 Å². The summed E-state index contributed by atoms with van der Waals surface area (Å²) in [6.45, 7) is 4.58. The molecular formula is C41H40N8O7S4. The number of nitro benzene ring substituents is 1. The van der Waals surface area contributed by atoms with E-state index in [1.807, 2.05) is 76.4 Å². The number of anilines is 3. The van der Waals surface area contributed by atoms with E-state index in [2.05, 4.69) is 25.5 Å². The number of hydrogen-bond acceptors (Lipinski definition) is 15. The normalized spacial score (nSPS) is 15.0. The zero-order chi connectivity index (χ0) is 41.6. The zero-order valence-electron chi connectivity index (χ0n) is 32.1. The number of fused-ring (bicyclic) bond motifs is 2. The summed E-state index contributed by atoms with van der Waals surface area (Å²) in [5.74, 6) is -0.647. The van der Waals surface area contributed by atoms with Gasteiger partial charge in [0.1, 0.15) is 11.4 Å². The molecule has 3 N–H and O–H groups in total. The molecule has 0 spiro atoms. The molecule has 2 aromatic heterocycles. The molecule has 19 heteroatoms. The summed E-state index contributed by atoms with van der Waals surface area (Å²) < 4.78 is 35.5. The van der Waals surface area contributed by atoms with Crippen molar-refractivity contribution in [3.05, 3.63) is 129 Å². The number of nitrogens with one attached hydrogen (secondary N) is 3. The molecule has 4 heterocycles. The molecule has 6 aromatic rings. The highest BCUT2D eigenvalue weighted by Gasteiger charge is 2.28. The Bertz CT molecular complexity index is 2600. The van der Waals surface area contributed by atoms with Gasteiger partial charge in [-0.05, 0) is 66.4 Å². The van der Waals surface area contributed by atoms with Gasteiger partial charge >= 0.3 is 0 Å². The molecule has 0 bridgehead atoms. The highest BCUT2D eigenvalue weighted by atomic mass is 32.2. The van der Waals surface area contributed by atoms with E-state index in [-0.39, 0.29) is 23.3 Å². The van der Waals surface area contributed by atoms with Crippen LogP contribution in [-0.2, 0) is 27.7 Å². The number of carbonyl (C=O) groups is 2. The highest BCUT2D eigenvalue weighted by Crippen LogP contribution is 2.33. The molecule has 15 nitrogen and oxygen atoms in total. The first-order chi connectivity index (χ1) is 29.1. The van der Waals surface area contributed by atoms with E-state index < -0.39 is 31.4 Å². The predicted octanol–water partition coefficient (Wildman–Crippen LogP) is 6.89. The van der Waals surface area contributed by atoms with Gasteiger partial charge in [-0.1, -0.05) is 53.8 Å². The minimum absolute atomic E-state index is 0.127. The van der Waals surface area contributed by atoms with Gasteiger partial charge in [-0.2, -0.15) is 0 Å². The fourth-order valence-electron chi connectivity index (χ4n) is 7.04. The Morgan fingerprint density at radius 1 is 0.950 bits per heavy atom. The van der Waals surface area contributed by atoms with Crippen LogP contribution in [0.2, 0.25) is 0 Å². The van der Waals surface area contributed by atoms with E-state index >= 15 is 0 Å². The first kappa shape index (κ1) is 41.3. The smallest absolute Gasteiger partial charge is 0.293 e. The summed E-state index contributed by atoms with van der Waals surface area (Å²) >= 11 is 4.19. The van der Waals surface area contributed by atoms with Crippen molar-refractivity contribution in [2.24, 2.45) is 0 Å². The first-order valence-corrected chi connectivity index (χ1v) is 23.3. The molecule has 2 amide bonds. The van der Waals surface area contributed by atoms with Crippen LogP contribution in [0.15, 0.2) is 106 Å². The lowest BCUT2D eigenvalue weighted by molar-refractivity contribution is -0.384. The minimum Gasteiger partial charge on any atom is -0.379 e. The summed E-state index contributed by atoms with van der Waals surface area (Å²) in [6, 6.07) is 26.5. The van der Waals surface area contributed by atoms with E-state index in [1.165, 1.54) is 40.2 Å². The molecule has 1 fully saturated rings. The van der Waals surface area contributed by atoms with Gasteiger partial charge in [0.2, 0.25) is 0 Å². The summed E-state index contributed by atoms with van der Waals surface area (Å²) in [5, 5.41) is 21.0. The second-order valence-electron chi connectivity index (χ2n) is 14.1. The van der Waals surface area contributed by atoms with Crippen molar-refractivity contribution in [1.82, 2.24) is 19.6 Å². The van der Waals surface area contributed by atoms with Gasteiger partial charge in [-0.15, -0.1) is 23.1 Å². The number of amides is 2. The molecule has 1 saturated heterocycles. The maximum Gasteiger partial charge on any atom is 0.293 e. The standard InChI is InChI=1S/C41H40N8O7S4/c50-38(45-40-43-34-11-4-5-12-37(34)59-40)31-10-6-7-27-15-18-48(24-32(27)31)41-44-35(26-58-41)39(51)46-60(54,55)30-13-14-33(36(23-30)49(52)53)42-28(16-17-47-19-21-56-22-20-47)25-57-29-8-2-1-3-9-29/h1-14,23,26,28,42H,15-22,24-25H2,(H,46,51)(H,43,45,50)/t28-/m1/s1. The molecule has 0 unspecified atom stereocenters. The van der Waals surface area contributed by atoms with E-state index in [0.29, 0.717) is 60.7 Å². The molecular weight excluding hydrogens is 845 g/mol. The van der Waals surface area contributed by atoms with Crippen LogP contribution in [-0.4, -0.2) is 91.2 Å². The van der Waals surface area contributed by atoms with Crippen LogP contribution < -0.4 is 20.3 Å². The van der Waals surface area contributed by atoms with Crippen LogP contribution >= 0.6 is 34.4 Å². The molecule has 8 rings (SSSR count). The first-order valence-electron chi connectivity index (χ1n) is 19.2.